The molecule has 0 aromatic carbocycles. The Kier molecular flexibility index (Phi) is 31.7. The molecule has 1 saturated carbocycles. The van der Waals surface area contributed by atoms with E-state index in [1.807, 2.05) is 0 Å². The first-order valence-electron chi connectivity index (χ1n) is 22.5. The van der Waals surface area contributed by atoms with Crippen molar-refractivity contribution >= 4 is 18.8 Å². The standard InChI is InChI=1S/C46H87NO3S/c1-7-11-15-18-20-24-31-41(30-23-17-13-9-3)46(48)50-43(32-25-21-19-16-12-8-2)33-26-28-39(5)38-42-35-36-45(44(42)34-22-14-10-4)49-40(6)29-27-37-47-51/h14,22,39,41-45,47,51H,6-13,15-21,23-38H2,1-5H3/b22-14-. The molecule has 0 bridgehead atoms. The largest absolute Gasteiger partial charge is 0.495 e. The third kappa shape index (κ3) is 24.9. The molecule has 0 aromatic heterocycles. The molecule has 1 fully saturated rings. The van der Waals surface area contributed by atoms with Gasteiger partial charge in [0.1, 0.15) is 12.2 Å². The second kappa shape index (κ2) is 33.6. The van der Waals surface area contributed by atoms with Gasteiger partial charge in [-0.25, -0.2) is 0 Å². The zero-order valence-corrected chi connectivity index (χ0v) is 35.6. The van der Waals surface area contributed by atoms with Crippen molar-refractivity contribution < 1.29 is 14.3 Å². The van der Waals surface area contributed by atoms with Crippen LogP contribution in [0, 0.1) is 23.7 Å². The summed E-state index contributed by atoms with van der Waals surface area (Å²) >= 11 is 4.12. The lowest BCUT2D eigenvalue weighted by Crippen LogP contribution is -2.25. The highest BCUT2D eigenvalue weighted by atomic mass is 32.1. The van der Waals surface area contributed by atoms with Gasteiger partial charge in [-0.3, -0.25) is 9.52 Å². The molecule has 5 heteroatoms. The van der Waals surface area contributed by atoms with E-state index in [0.717, 1.165) is 82.9 Å². The van der Waals surface area contributed by atoms with Gasteiger partial charge in [-0.2, -0.15) is 0 Å². The van der Waals surface area contributed by atoms with E-state index in [-0.39, 0.29) is 24.1 Å². The summed E-state index contributed by atoms with van der Waals surface area (Å²) < 4.78 is 15.9. The Morgan fingerprint density at radius 3 is 1.92 bits per heavy atom. The number of esters is 1. The Hall–Kier alpha value is -0.940. The van der Waals surface area contributed by atoms with Crippen molar-refractivity contribution in [1.29, 1.82) is 0 Å². The molecule has 1 aliphatic rings. The molecule has 0 spiro atoms. The van der Waals surface area contributed by atoms with E-state index in [0.29, 0.717) is 17.8 Å². The predicted molar refractivity (Wildman–Crippen MR) is 226 cm³/mol. The van der Waals surface area contributed by atoms with Crippen molar-refractivity contribution in [3.8, 4) is 0 Å². The van der Waals surface area contributed by atoms with Gasteiger partial charge in [-0.15, -0.1) is 0 Å². The Morgan fingerprint density at radius 2 is 1.31 bits per heavy atom. The van der Waals surface area contributed by atoms with Crippen LogP contribution in [0.15, 0.2) is 24.5 Å². The van der Waals surface area contributed by atoms with Gasteiger partial charge >= 0.3 is 5.97 Å². The molecule has 6 atom stereocenters. The van der Waals surface area contributed by atoms with Gasteiger partial charge in [0.05, 0.1) is 11.7 Å². The number of ether oxygens (including phenoxy) is 2. The zero-order valence-electron chi connectivity index (χ0n) is 34.7. The van der Waals surface area contributed by atoms with E-state index in [1.165, 1.54) is 116 Å². The van der Waals surface area contributed by atoms with Crippen molar-refractivity contribution in [2.45, 2.75) is 233 Å². The predicted octanol–water partition coefficient (Wildman–Crippen LogP) is 14.7. The van der Waals surface area contributed by atoms with Crippen LogP contribution in [0.1, 0.15) is 221 Å². The average Bonchev–Trinajstić information content (AvgIpc) is 3.48. The second-order valence-electron chi connectivity index (χ2n) is 16.3. The number of carbonyl (C=O) groups excluding carboxylic acids is 1. The summed E-state index contributed by atoms with van der Waals surface area (Å²) in [5.74, 6) is 3.07. The first kappa shape index (κ1) is 48.1. The van der Waals surface area contributed by atoms with E-state index in [4.69, 9.17) is 9.47 Å². The number of rotatable bonds is 36. The van der Waals surface area contributed by atoms with Gasteiger partial charge in [-0.1, -0.05) is 169 Å². The minimum Gasteiger partial charge on any atom is -0.495 e. The fourth-order valence-corrected chi connectivity index (χ4v) is 8.48. The number of allylic oxidation sites excluding steroid dienone is 3. The van der Waals surface area contributed by atoms with Crippen LogP contribution in [-0.2, 0) is 14.3 Å². The van der Waals surface area contributed by atoms with Crippen LogP contribution in [-0.4, -0.2) is 24.7 Å². The fourth-order valence-electron chi connectivity index (χ4n) is 8.32. The Bertz CT molecular complexity index is 846. The number of thiol groups is 1. The van der Waals surface area contributed by atoms with Gasteiger partial charge in [0, 0.05) is 18.9 Å². The molecule has 51 heavy (non-hydrogen) atoms. The molecule has 4 nitrogen and oxygen atoms in total. The van der Waals surface area contributed by atoms with Gasteiger partial charge < -0.3 is 9.47 Å². The van der Waals surface area contributed by atoms with Crippen molar-refractivity contribution in [1.82, 2.24) is 4.72 Å². The van der Waals surface area contributed by atoms with E-state index < -0.39 is 0 Å². The summed E-state index contributed by atoms with van der Waals surface area (Å²) in [6.45, 7) is 16.6. The van der Waals surface area contributed by atoms with Gasteiger partial charge in [0.15, 0.2) is 0 Å². The van der Waals surface area contributed by atoms with Crippen LogP contribution in [0.2, 0.25) is 0 Å². The Labute approximate surface area is 324 Å². The maximum Gasteiger partial charge on any atom is 0.309 e. The number of nitrogens with one attached hydrogen (secondary N) is 1. The Morgan fingerprint density at radius 1 is 0.745 bits per heavy atom. The lowest BCUT2D eigenvalue weighted by Gasteiger charge is -2.27. The molecule has 300 valence electrons. The number of hydrogen-bond donors (Lipinski definition) is 2. The second-order valence-corrected chi connectivity index (χ2v) is 16.6. The Balaban J connectivity index is 2.78. The third-order valence-corrected chi connectivity index (χ3v) is 11.7. The third-order valence-electron chi connectivity index (χ3n) is 11.5. The van der Waals surface area contributed by atoms with Gasteiger partial charge in [0.2, 0.25) is 0 Å². The quantitative estimate of drug-likeness (QED) is 0.0221. The molecule has 1 aliphatic carbocycles. The van der Waals surface area contributed by atoms with Crippen LogP contribution in [0.25, 0.3) is 0 Å². The maximum atomic E-state index is 13.8. The summed E-state index contributed by atoms with van der Waals surface area (Å²) in [5.41, 5.74) is 0. The normalized spacial score (nSPS) is 19.4. The number of carbonyl (C=O) groups is 1. The molecule has 0 heterocycles. The van der Waals surface area contributed by atoms with Crippen LogP contribution in [0.3, 0.4) is 0 Å². The lowest BCUT2D eigenvalue weighted by atomic mass is 9.83. The van der Waals surface area contributed by atoms with Crippen molar-refractivity contribution in [3.05, 3.63) is 24.5 Å². The highest BCUT2D eigenvalue weighted by molar-refractivity contribution is 7.78. The molecule has 0 radical (unpaired) electrons. The van der Waals surface area contributed by atoms with Crippen molar-refractivity contribution in [2.75, 3.05) is 6.54 Å². The number of unbranched alkanes of at least 4 members (excludes halogenated alkanes) is 13. The zero-order chi connectivity index (χ0) is 37.4. The monoisotopic (exact) mass is 734 g/mol. The SMILES string of the molecule is C=C(CCCNS)OC1CCC(CC(C)CCCC(CCCCCCCC)OC(=O)C(CCCCCC)CCCCCCCC)C1C/C=C\CC. The van der Waals surface area contributed by atoms with Crippen LogP contribution in [0.5, 0.6) is 0 Å². The minimum atomic E-state index is 0.0820. The van der Waals surface area contributed by atoms with E-state index in [2.05, 4.69) is 70.9 Å². The smallest absolute Gasteiger partial charge is 0.309 e. The molecule has 6 unspecified atom stereocenters. The first-order valence-corrected chi connectivity index (χ1v) is 22.9. The summed E-state index contributed by atoms with van der Waals surface area (Å²) in [6, 6.07) is 0. The summed E-state index contributed by atoms with van der Waals surface area (Å²) in [7, 11) is 0. The molecule has 1 N–H and O–H groups in total. The van der Waals surface area contributed by atoms with Crippen LogP contribution >= 0.6 is 12.8 Å². The highest BCUT2D eigenvalue weighted by Crippen LogP contribution is 2.42. The molecule has 0 amide bonds. The molecule has 0 aromatic rings. The molecular weight excluding hydrogens is 647 g/mol. The topological polar surface area (TPSA) is 47.6 Å². The highest BCUT2D eigenvalue weighted by Gasteiger charge is 2.37. The van der Waals surface area contributed by atoms with Crippen LogP contribution in [0.4, 0.5) is 0 Å². The van der Waals surface area contributed by atoms with E-state index in [1.54, 1.807) is 0 Å². The van der Waals surface area contributed by atoms with Crippen molar-refractivity contribution in [3.63, 3.8) is 0 Å². The molecule has 0 saturated heterocycles. The average molecular weight is 734 g/mol. The van der Waals surface area contributed by atoms with E-state index >= 15 is 0 Å². The summed E-state index contributed by atoms with van der Waals surface area (Å²) in [5, 5.41) is 0. The molecule has 1 rings (SSSR count). The van der Waals surface area contributed by atoms with Crippen molar-refractivity contribution in [2.24, 2.45) is 23.7 Å². The van der Waals surface area contributed by atoms with Gasteiger partial charge in [0.25, 0.3) is 0 Å². The summed E-state index contributed by atoms with van der Waals surface area (Å²) in [6.07, 6.45) is 39.6. The number of hydrogen-bond acceptors (Lipinski definition) is 5. The van der Waals surface area contributed by atoms with Crippen LogP contribution < -0.4 is 4.72 Å². The first-order chi connectivity index (χ1) is 24.9. The fraction of sp³-hybridized carbons (Fsp3) is 0.891. The van der Waals surface area contributed by atoms with Gasteiger partial charge in [-0.05, 0) is 88.9 Å². The summed E-state index contributed by atoms with van der Waals surface area (Å²) in [4.78, 5) is 13.8. The molecular formula is C46H87NO3S. The van der Waals surface area contributed by atoms with E-state index in [9.17, 15) is 4.79 Å². The minimum absolute atomic E-state index is 0.0820. The molecule has 0 aliphatic heterocycles. The lowest BCUT2D eigenvalue weighted by molar-refractivity contribution is -0.155. The maximum absolute atomic E-state index is 13.8.